The number of carboxylic acids is 1. The number of esters is 1. The van der Waals surface area contributed by atoms with Gasteiger partial charge in [0.15, 0.2) is 10.8 Å². The first-order valence-corrected chi connectivity index (χ1v) is 11.9. The van der Waals surface area contributed by atoms with Crippen molar-refractivity contribution in [3.63, 3.8) is 0 Å². The van der Waals surface area contributed by atoms with E-state index in [1.54, 1.807) is 18.5 Å². The fraction of sp³-hybridized carbons (Fsp3) is 0.391. The van der Waals surface area contributed by atoms with E-state index in [-0.39, 0.29) is 31.0 Å². The molecule has 0 bridgehead atoms. The van der Waals surface area contributed by atoms with E-state index in [4.69, 9.17) is 14.6 Å². The quantitative estimate of drug-likeness (QED) is 0.482. The zero-order chi connectivity index (χ0) is 25.9. The number of aliphatic carboxylic acids is 1. The van der Waals surface area contributed by atoms with Gasteiger partial charge in [0.2, 0.25) is 0 Å². The van der Waals surface area contributed by atoms with Gasteiger partial charge in [0.25, 0.3) is 5.92 Å². The maximum atomic E-state index is 14.6. The molecule has 2 aliphatic heterocycles. The van der Waals surface area contributed by atoms with Crippen LogP contribution in [0, 0.1) is 5.82 Å². The molecule has 1 aromatic heterocycles. The standard InChI is InChI=1S/C23H23F3N4O5S/c1-2-34-22(33)18-15(9-30-10-16(23(25,26)12-30)35-11-17(31)32)28-20(21-27-7-8-36-21)29-19(18)13-3-5-14(24)6-4-13/h3-8,16,19H,2,9-12H2,1H3,(H,28,29)(H,31,32)/t16?,19-/m0/s1. The third-order valence-electron chi connectivity index (χ3n) is 5.56. The van der Waals surface area contributed by atoms with Gasteiger partial charge in [-0.25, -0.2) is 27.7 Å². The van der Waals surface area contributed by atoms with Crippen molar-refractivity contribution in [2.75, 3.05) is 32.8 Å². The number of aromatic nitrogens is 1. The minimum atomic E-state index is -3.29. The lowest BCUT2D eigenvalue weighted by Crippen LogP contribution is -2.39. The van der Waals surface area contributed by atoms with Crippen LogP contribution in [-0.2, 0) is 19.1 Å². The molecule has 9 nitrogen and oxygen atoms in total. The Hall–Kier alpha value is -3.29. The van der Waals surface area contributed by atoms with Gasteiger partial charge in [-0.2, -0.15) is 0 Å². The fourth-order valence-corrected chi connectivity index (χ4v) is 4.62. The van der Waals surface area contributed by atoms with Crippen molar-refractivity contribution in [3.8, 4) is 0 Å². The number of aliphatic imine (C=N–C) groups is 1. The van der Waals surface area contributed by atoms with E-state index in [1.807, 2.05) is 0 Å². The molecule has 1 saturated heterocycles. The van der Waals surface area contributed by atoms with Crippen LogP contribution >= 0.6 is 11.3 Å². The van der Waals surface area contributed by atoms with Crippen LogP contribution in [-0.4, -0.2) is 77.6 Å². The summed E-state index contributed by atoms with van der Waals surface area (Å²) in [6, 6.07) is 4.56. The van der Waals surface area contributed by atoms with Crippen molar-refractivity contribution >= 4 is 29.1 Å². The summed E-state index contributed by atoms with van der Waals surface area (Å²) in [6.45, 7) is -0.232. The van der Waals surface area contributed by atoms with Crippen LogP contribution < -0.4 is 5.32 Å². The Kier molecular flexibility index (Phi) is 7.71. The summed E-state index contributed by atoms with van der Waals surface area (Å²) >= 11 is 1.29. The number of nitrogens with one attached hydrogen (secondary N) is 1. The van der Waals surface area contributed by atoms with Gasteiger partial charge in [0.05, 0.1) is 18.7 Å². The second-order valence-electron chi connectivity index (χ2n) is 8.13. The highest BCUT2D eigenvalue weighted by molar-refractivity contribution is 7.11. The van der Waals surface area contributed by atoms with E-state index in [2.05, 4.69) is 15.3 Å². The van der Waals surface area contributed by atoms with Gasteiger partial charge in [0.1, 0.15) is 24.6 Å². The highest BCUT2D eigenvalue weighted by Crippen LogP contribution is 2.35. The molecule has 1 aromatic carbocycles. The molecule has 36 heavy (non-hydrogen) atoms. The number of hydrogen-bond acceptors (Lipinski definition) is 9. The number of nitrogens with zero attached hydrogens (tertiary/aromatic N) is 3. The number of likely N-dealkylation sites (tertiary alicyclic amines) is 1. The zero-order valence-electron chi connectivity index (χ0n) is 19.1. The van der Waals surface area contributed by atoms with Crippen molar-refractivity contribution in [3.05, 3.63) is 63.5 Å². The predicted molar refractivity (Wildman–Crippen MR) is 123 cm³/mol. The third kappa shape index (κ3) is 5.74. The number of alkyl halides is 2. The summed E-state index contributed by atoms with van der Waals surface area (Å²) in [5.41, 5.74) is 0.876. The molecule has 2 atom stereocenters. The number of ether oxygens (including phenoxy) is 2. The molecule has 0 amide bonds. The Balaban J connectivity index is 1.71. The van der Waals surface area contributed by atoms with Crippen molar-refractivity contribution in [2.45, 2.75) is 25.0 Å². The first-order valence-electron chi connectivity index (χ1n) is 11.0. The van der Waals surface area contributed by atoms with Crippen molar-refractivity contribution in [2.24, 2.45) is 4.99 Å². The lowest BCUT2D eigenvalue weighted by Gasteiger charge is -2.29. The molecule has 2 aromatic rings. The largest absolute Gasteiger partial charge is 0.480 e. The molecule has 0 spiro atoms. The Morgan fingerprint density at radius 1 is 1.31 bits per heavy atom. The van der Waals surface area contributed by atoms with E-state index >= 15 is 0 Å². The number of thiazole rings is 1. The van der Waals surface area contributed by atoms with Gasteiger partial charge in [-0.15, -0.1) is 11.3 Å². The number of carbonyl (C=O) groups is 2. The smallest absolute Gasteiger partial charge is 0.338 e. The molecular formula is C23H23F3N4O5S. The molecule has 1 fully saturated rings. The fourth-order valence-electron chi connectivity index (χ4n) is 4.03. The second-order valence-corrected chi connectivity index (χ2v) is 9.03. The molecule has 0 aliphatic carbocycles. The average molecular weight is 525 g/mol. The first kappa shape index (κ1) is 25.8. The van der Waals surface area contributed by atoms with Gasteiger partial charge in [-0.1, -0.05) is 12.1 Å². The van der Waals surface area contributed by atoms with E-state index in [0.717, 1.165) is 0 Å². The maximum absolute atomic E-state index is 14.6. The summed E-state index contributed by atoms with van der Waals surface area (Å²) in [4.78, 5) is 34.1. The number of amidine groups is 1. The normalized spacial score (nSPS) is 21.7. The highest BCUT2D eigenvalue weighted by atomic mass is 32.1. The van der Waals surface area contributed by atoms with Crippen LogP contribution in [0.2, 0.25) is 0 Å². The van der Waals surface area contributed by atoms with Crippen molar-refractivity contribution in [1.82, 2.24) is 15.2 Å². The third-order valence-corrected chi connectivity index (χ3v) is 6.34. The van der Waals surface area contributed by atoms with Gasteiger partial charge >= 0.3 is 11.9 Å². The van der Waals surface area contributed by atoms with Crippen LogP contribution in [0.15, 0.2) is 52.1 Å². The summed E-state index contributed by atoms with van der Waals surface area (Å²) < 4.78 is 52.9. The van der Waals surface area contributed by atoms with Crippen molar-refractivity contribution < 1.29 is 37.3 Å². The molecule has 3 heterocycles. The summed E-state index contributed by atoms with van der Waals surface area (Å²) in [5, 5.41) is 14.1. The number of benzene rings is 1. The van der Waals surface area contributed by atoms with Crippen molar-refractivity contribution in [1.29, 1.82) is 0 Å². The monoisotopic (exact) mass is 524 g/mol. The Bertz CT molecular complexity index is 1170. The van der Waals surface area contributed by atoms with Gasteiger partial charge in [-0.05, 0) is 24.6 Å². The number of hydrogen-bond donors (Lipinski definition) is 2. The zero-order valence-corrected chi connectivity index (χ0v) is 19.9. The van der Waals surface area contributed by atoms with Crippen LogP contribution in [0.3, 0.4) is 0 Å². The molecule has 4 rings (SSSR count). The molecule has 13 heteroatoms. The molecule has 1 unspecified atom stereocenters. The van der Waals surface area contributed by atoms with Gasteiger partial charge in [0, 0.05) is 30.4 Å². The van der Waals surface area contributed by atoms with Crippen LogP contribution in [0.4, 0.5) is 13.2 Å². The van der Waals surface area contributed by atoms with Crippen LogP contribution in [0.5, 0.6) is 0 Å². The lowest BCUT2D eigenvalue weighted by atomic mass is 9.95. The number of carboxylic acid groups (broad SMARTS) is 1. The van der Waals surface area contributed by atoms with E-state index in [9.17, 15) is 22.8 Å². The molecule has 0 saturated carbocycles. The minimum Gasteiger partial charge on any atom is -0.480 e. The first-order chi connectivity index (χ1) is 17.2. The lowest BCUT2D eigenvalue weighted by molar-refractivity contribution is -0.152. The Labute approximate surface area is 208 Å². The van der Waals surface area contributed by atoms with E-state index in [1.165, 1.54) is 40.5 Å². The summed E-state index contributed by atoms with van der Waals surface area (Å²) in [7, 11) is 0. The van der Waals surface area contributed by atoms with Gasteiger partial charge < -0.3 is 19.9 Å². The molecule has 2 aliphatic rings. The second kappa shape index (κ2) is 10.8. The van der Waals surface area contributed by atoms with Crippen LogP contribution in [0.1, 0.15) is 23.5 Å². The SMILES string of the molecule is CCOC(=O)C1=C(CN2CC(OCC(=O)O)C(F)(F)C2)NC(c2nccs2)=N[C@H]1c1ccc(F)cc1. The summed E-state index contributed by atoms with van der Waals surface area (Å²) in [6.07, 6.45) is -0.0453. The summed E-state index contributed by atoms with van der Waals surface area (Å²) in [5.74, 6) is -5.48. The molecule has 0 radical (unpaired) electrons. The number of carbonyl (C=O) groups excluding carboxylic acids is 1. The Morgan fingerprint density at radius 2 is 2.06 bits per heavy atom. The molecular weight excluding hydrogens is 501 g/mol. The maximum Gasteiger partial charge on any atom is 0.338 e. The van der Waals surface area contributed by atoms with E-state index < -0.39 is 49.0 Å². The predicted octanol–water partition coefficient (Wildman–Crippen LogP) is 2.61. The van der Waals surface area contributed by atoms with Crippen LogP contribution in [0.25, 0.3) is 0 Å². The Morgan fingerprint density at radius 3 is 2.69 bits per heavy atom. The topological polar surface area (TPSA) is 113 Å². The van der Waals surface area contributed by atoms with Gasteiger partial charge in [-0.3, -0.25) is 9.89 Å². The highest BCUT2D eigenvalue weighted by Gasteiger charge is 2.49. The average Bonchev–Trinajstić information content (AvgIpc) is 3.45. The minimum absolute atomic E-state index is 0.0711. The number of halogens is 3. The molecule has 2 N–H and O–H groups in total. The molecule has 192 valence electrons. The van der Waals surface area contributed by atoms with E-state index in [0.29, 0.717) is 16.4 Å². The number of rotatable bonds is 9.